The lowest BCUT2D eigenvalue weighted by molar-refractivity contribution is -0.0488. The zero-order chi connectivity index (χ0) is 10.8. The molecular formula is C11H7BrF2O. The van der Waals surface area contributed by atoms with Crippen molar-refractivity contribution in [2.45, 2.75) is 6.61 Å². The molecule has 15 heavy (non-hydrogen) atoms. The van der Waals surface area contributed by atoms with Crippen LogP contribution in [0.2, 0.25) is 0 Å². The van der Waals surface area contributed by atoms with Crippen LogP contribution in [0.5, 0.6) is 5.75 Å². The number of rotatable bonds is 2. The molecule has 0 fully saturated rings. The monoisotopic (exact) mass is 272 g/mol. The number of benzene rings is 2. The Kier molecular flexibility index (Phi) is 2.86. The second kappa shape index (κ2) is 4.14. The zero-order valence-electron chi connectivity index (χ0n) is 7.58. The first-order valence-electron chi connectivity index (χ1n) is 4.30. The molecule has 78 valence electrons. The standard InChI is InChI=1S/C11H7BrF2O/c12-8-5-1-3-7-4-2-6-9(10(7)8)15-11(13)14/h1-6,11H. The summed E-state index contributed by atoms with van der Waals surface area (Å²) in [7, 11) is 0. The van der Waals surface area contributed by atoms with Crippen LogP contribution in [0.3, 0.4) is 0 Å². The number of alkyl halides is 2. The van der Waals surface area contributed by atoms with Crippen molar-refractivity contribution >= 4 is 26.7 Å². The van der Waals surface area contributed by atoms with Crippen LogP contribution in [0, 0.1) is 0 Å². The van der Waals surface area contributed by atoms with Gasteiger partial charge in [-0.05, 0) is 17.5 Å². The first-order valence-corrected chi connectivity index (χ1v) is 5.10. The molecule has 0 heterocycles. The summed E-state index contributed by atoms with van der Waals surface area (Å²) in [6.07, 6.45) is 0. The summed E-state index contributed by atoms with van der Waals surface area (Å²) >= 11 is 3.31. The Bertz CT molecular complexity index is 480. The van der Waals surface area contributed by atoms with E-state index in [0.717, 1.165) is 9.86 Å². The molecule has 2 aromatic carbocycles. The lowest BCUT2D eigenvalue weighted by Crippen LogP contribution is -2.02. The number of hydrogen-bond acceptors (Lipinski definition) is 1. The Hall–Kier alpha value is -1.16. The average molecular weight is 273 g/mol. The van der Waals surface area contributed by atoms with Gasteiger partial charge in [-0.1, -0.05) is 40.2 Å². The first kappa shape index (κ1) is 10.4. The third-order valence-corrected chi connectivity index (χ3v) is 2.69. The van der Waals surface area contributed by atoms with E-state index in [1.165, 1.54) is 6.07 Å². The molecule has 0 aliphatic heterocycles. The van der Waals surface area contributed by atoms with Crippen molar-refractivity contribution in [1.29, 1.82) is 0 Å². The topological polar surface area (TPSA) is 9.23 Å². The van der Waals surface area contributed by atoms with Crippen molar-refractivity contribution in [2.24, 2.45) is 0 Å². The van der Waals surface area contributed by atoms with Gasteiger partial charge in [-0.2, -0.15) is 8.78 Å². The van der Waals surface area contributed by atoms with Crippen LogP contribution in [0.25, 0.3) is 10.8 Å². The first-order chi connectivity index (χ1) is 7.18. The van der Waals surface area contributed by atoms with E-state index in [9.17, 15) is 8.78 Å². The fraction of sp³-hybridized carbons (Fsp3) is 0.0909. The third kappa shape index (κ3) is 2.09. The largest absolute Gasteiger partial charge is 0.434 e. The van der Waals surface area contributed by atoms with E-state index >= 15 is 0 Å². The van der Waals surface area contributed by atoms with Gasteiger partial charge in [0.05, 0.1) is 0 Å². The summed E-state index contributed by atoms with van der Waals surface area (Å²) in [5, 5.41) is 1.53. The molecule has 0 saturated carbocycles. The van der Waals surface area contributed by atoms with Gasteiger partial charge < -0.3 is 4.74 Å². The van der Waals surface area contributed by atoms with Crippen molar-refractivity contribution in [1.82, 2.24) is 0 Å². The maximum Gasteiger partial charge on any atom is 0.387 e. The van der Waals surface area contributed by atoms with Crippen LogP contribution in [0.15, 0.2) is 40.9 Å². The van der Waals surface area contributed by atoms with E-state index in [4.69, 9.17) is 0 Å². The minimum absolute atomic E-state index is 0.190. The van der Waals surface area contributed by atoms with Crippen molar-refractivity contribution in [3.05, 3.63) is 40.9 Å². The second-order valence-corrected chi connectivity index (χ2v) is 3.83. The number of fused-ring (bicyclic) bond motifs is 1. The molecule has 0 N–H and O–H groups in total. The van der Waals surface area contributed by atoms with Gasteiger partial charge in [0.15, 0.2) is 0 Å². The van der Waals surface area contributed by atoms with Crippen molar-refractivity contribution < 1.29 is 13.5 Å². The Labute approximate surface area is 93.8 Å². The van der Waals surface area contributed by atoms with Crippen molar-refractivity contribution in [2.75, 3.05) is 0 Å². The number of ether oxygens (including phenoxy) is 1. The predicted molar refractivity (Wildman–Crippen MR) is 58.3 cm³/mol. The van der Waals surface area contributed by atoms with Crippen molar-refractivity contribution in [3.63, 3.8) is 0 Å². The summed E-state index contributed by atoms with van der Waals surface area (Å²) in [6, 6.07) is 10.5. The second-order valence-electron chi connectivity index (χ2n) is 2.97. The zero-order valence-corrected chi connectivity index (χ0v) is 9.17. The highest BCUT2D eigenvalue weighted by Crippen LogP contribution is 2.32. The molecule has 0 amide bonds. The van der Waals surface area contributed by atoms with E-state index in [1.54, 1.807) is 12.1 Å². The van der Waals surface area contributed by atoms with E-state index in [1.807, 2.05) is 18.2 Å². The van der Waals surface area contributed by atoms with Gasteiger partial charge in [0.2, 0.25) is 0 Å². The minimum atomic E-state index is -2.80. The summed E-state index contributed by atoms with van der Waals surface area (Å²) in [5.74, 6) is 0.190. The molecule has 1 nitrogen and oxygen atoms in total. The molecule has 0 aliphatic carbocycles. The molecular weight excluding hydrogens is 266 g/mol. The third-order valence-electron chi connectivity index (χ3n) is 2.03. The summed E-state index contributed by atoms with van der Waals surface area (Å²) in [4.78, 5) is 0. The molecule has 0 radical (unpaired) electrons. The van der Waals surface area contributed by atoms with Gasteiger partial charge in [0.1, 0.15) is 5.75 Å². The molecule has 4 heteroatoms. The molecule has 0 aromatic heterocycles. The fourth-order valence-electron chi connectivity index (χ4n) is 1.46. The van der Waals surface area contributed by atoms with E-state index in [-0.39, 0.29) is 5.75 Å². The summed E-state index contributed by atoms with van der Waals surface area (Å²) in [6.45, 7) is -2.80. The summed E-state index contributed by atoms with van der Waals surface area (Å²) in [5.41, 5.74) is 0. The van der Waals surface area contributed by atoms with Gasteiger partial charge in [-0.15, -0.1) is 0 Å². The Morgan fingerprint density at radius 1 is 1.07 bits per heavy atom. The van der Waals surface area contributed by atoms with Crippen LogP contribution in [-0.2, 0) is 0 Å². The highest BCUT2D eigenvalue weighted by molar-refractivity contribution is 9.10. The van der Waals surface area contributed by atoms with Crippen LogP contribution >= 0.6 is 15.9 Å². The minimum Gasteiger partial charge on any atom is -0.434 e. The predicted octanol–water partition coefficient (Wildman–Crippen LogP) is 4.20. The molecule has 0 atom stereocenters. The molecule has 0 saturated heterocycles. The van der Waals surface area contributed by atoms with Gasteiger partial charge in [-0.25, -0.2) is 0 Å². The van der Waals surface area contributed by atoms with Gasteiger partial charge in [0.25, 0.3) is 0 Å². The Balaban J connectivity index is 2.63. The Morgan fingerprint density at radius 3 is 2.40 bits per heavy atom. The number of hydrogen-bond donors (Lipinski definition) is 0. The van der Waals surface area contributed by atoms with E-state index < -0.39 is 6.61 Å². The van der Waals surface area contributed by atoms with Crippen LogP contribution in [0.1, 0.15) is 0 Å². The highest BCUT2D eigenvalue weighted by atomic mass is 79.9. The van der Waals surface area contributed by atoms with Gasteiger partial charge in [-0.3, -0.25) is 0 Å². The van der Waals surface area contributed by atoms with E-state index in [0.29, 0.717) is 5.39 Å². The molecule has 0 aliphatic rings. The normalized spacial score (nSPS) is 10.9. The molecule has 2 aromatic rings. The summed E-state index contributed by atoms with van der Waals surface area (Å²) < 4.78 is 29.5. The maximum absolute atomic E-state index is 12.1. The molecule has 2 rings (SSSR count). The highest BCUT2D eigenvalue weighted by Gasteiger charge is 2.09. The lowest BCUT2D eigenvalue weighted by Gasteiger charge is -2.09. The molecule has 0 spiro atoms. The van der Waals surface area contributed by atoms with Gasteiger partial charge in [0, 0.05) is 9.86 Å². The molecule has 0 unspecified atom stereocenters. The fourth-order valence-corrected chi connectivity index (χ4v) is 2.03. The maximum atomic E-state index is 12.1. The van der Waals surface area contributed by atoms with Crippen LogP contribution in [-0.4, -0.2) is 6.61 Å². The average Bonchev–Trinajstić information content (AvgIpc) is 2.17. The SMILES string of the molecule is FC(F)Oc1cccc2cccc(Br)c12. The van der Waals surface area contributed by atoms with Gasteiger partial charge >= 0.3 is 6.61 Å². The Morgan fingerprint density at radius 2 is 1.73 bits per heavy atom. The van der Waals surface area contributed by atoms with Crippen LogP contribution in [0.4, 0.5) is 8.78 Å². The smallest absolute Gasteiger partial charge is 0.387 e. The number of halogens is 3. The van der Waals surface area contributed by atoms with Crippen LogP contribution < -0.4 is 4.74 Å². The molecule has 0 bridgehead atoms. The van der Waals surface area contributed by atoms with Crippen molar-refractivity contribution in [3.8, 4) is 5.75 Å². The quantitative estimate of drug-likeness (QED) is 0.796. The van der Waals surface area contributed by atoms with E-state index in [2.05, 4.69) is 20.7 Å². The lowest BCUT2D eigenvalue weighted by atomic mass is 10.1.